The summed E-state index contributed by atoms with van der Waals surface area (Å²) in [7, 11) is 0. The van der Waals surface area contributed by atoms with Crippen molar-refractivity contribution >= 4 is 11.9 Å². The van der Waals surface area contributed by atoms with Gasteiger partial charge in [0.05, 0.1) is 13.0 Å². The van der Waals surface area contributed by atoms with Crippen LogP contribution < -0.4 is 0 Å². The van der Waals surface area contributed by atoms with Crippen molar-refractivity contribution in [1.82, 2.24) is 9.88 Å². The number of nitrogens with zero attached hydrogens (tertiary/aromatic N) is 2. The molecule has 1 aromatic rings. The van der Waals surface area contributed by atoms with Crippen molar-refractivity contribution < 1.29 is 19.1 Å². The van der Waals surface area contributed by atoms with Crippen molar-refractivity contribution in [2.45, 2.75) is 52.7 Å². The molecule has 0 N–H and O–H groups in total. The highest BCUT2D eigenvalue weighted by Gasteiger charge is 2.22. The molecule has 0 saturated carbocycles. The zero-order valence-electron chi connectivity index (χ0n) is 14.9. The lowest BCUT2D eigenvalue weighted by Gasteiger charge is -2.28. The lowest BCUT2D eigenvalue weighted by Crippen LogP contribution is -2.33. The third-order valence-corrected chi connectivity index (χ3v) is 3.72. The van der Waals surface area contributed by atoms with Crippen LogP contribution in [-0.4, -0.2) is 47.1 Å². The molecule has 132 valence electrons. The van der Waals surface area contributed by atoms with E-state index in [0.29, 0.717) is 25.3 Å². The Labute approximate surface area is 143 Å². The maximum absolute atomic E-state index is 12.1. The monoisotopic (exact) mass is 334 g/mol. The van der Waals surface area contributed by atoms with Gasteiger partial charge in [0.2, 0.25) is 0 Å². The highest BCUT2D eigenvalue weighted by atomic mass is 16.6. The first-order valence-electron chi connectivity index (χ1n) is 8.37. The molecule has 0 fully saturated rings. The van der Waals surface area contributed by atoms with Gasteiger partial charge in [-0.05, 0) is 51.3 Å². The summed E-state index contributed by atoms with van der Waals surface area (Å²) in [6.07, 6.45) is 2.97. The third-order valence-electron chi connectivity index (χ3n) is 3.72. The molecule has 0 radical (unpaired) electrons. The molecule has 6 heteroatoms. The Morgan fingerprint density at radius 1 is 1.29 bits per heavy atom. The van der Waals surface area contributed by atoms with E-state index in [9.17, 15) is 9.59 Å². The van der Waals surface area contributed by atoms with Crippen LogP contribution in [-0.2, 0) is 27.2 Å². The molecule has 1 aliphatic heterocycles. The molecule has 0 bridgehead atoms. The van der Waals surface area contributed by atoms with E-state index in [4.69, 9.17) is 9.47 Å². The van der Waals surface area contributed by atoms with Gasteiger partial charge in [0.25, 0.3) is 0 Å². The predicted octanol–water partition coefficient (Wildman–Crippen LogP) is 2.35. The number of fused-ring (bicyclic) bond motifs is 1. The summed E-state index contributed by atoms with van der Waals surface area (Å²) < 4.78 is 10.3. The number of carbonyl (C=O) groups excluding carboxylic acids is 2. The van der Waals surface area contributed by atoms with Crippen LogP contribution in [0.15, 0.2) is 12.3 Å². The number of carbonyl (C=O) groups is 2. The first-order valence-corrected chi connectivity index (χ1v) is 8.37. The van der Waals surface area contributed by atoms with E-state index in [2.05, 4.69) is 9.88 Å². The van der Waals surface area contributed by atoms with E-state index in [1.54, 1.807) is 6.20 Å². The van der Waals surface area contributed by atoms with Crippen LogP contribution in [0.2, 0.25) is 0 Å². The summed E-state index contributed by atoms with van der Waals surface area (Å²) >= 11 is 0. The fraction of sp³-hybridized carbons (Fsp3) is 0.611. The molecule has 0 saturated heterocycles. The molecule has 2 heterocycles. The molecule has 1 aliphatic rings. The zero-order chi connectivity index (χ0) is 17.7. The van der Waals surface area contributed by atoms with Gasteiger partial charge in [-0.25, -0.2) is 9.78 Å². The predicted molar refractivity (Wildman–Crippen MR) is 89.6 cm³/mol. The fourth-order valence-electron chi connectivity index (χ4n) is 2.61. The Kier molecular flexibility index (Phi) is 5.94. The Bertz CT molecular complexity index is 608. The van der Waals surface area contributed by atoms with E-state index >= 15 is 0 Å². The topological polar surface area (TPSA) is 68.7 Å². The molecule has 0 aromatic carbocycles. The first kappa shape index (κ1) is 18.4. The molecule has 0 atom stereocenters. The van der Waals surface area contributed by atoms with E-state index in [0.717, 1.165) is 30.6 Å². The molecule has 0 aliphatic carbocycles. The summed E-state index contributed by atoms with van der Waals surface area (Å²) in [5.74, 6) is -0.559. The molecule has 0 amide bonds. The fourth-order valence-corrected chi connectivity index (χ4v) is 2.61. The maximum Gasteiger partial charge on any atom is 0.357 e. The van der Waals surface area contributed by atoms with Crippen molar-refractivity contribution in [2.24, 2.45) is 0 Å². The van der Waals surface area contributed by atoms with Gasteiger partial charge < -0.3 is 9.47 Å². The number of esters is 2. The molecule has 24 heavy (non-hydrogen) atoms. The van der Waals surface area contributed by atoms with Gasteiger partial charge in [-0.2, -0.15) is 0 Å². The van der Waals surface area contributed by atoms with Crippen molar-refractivity contribution in [3.8, 4) is 0 Å². The molecule has 0 unspecified atom stereocenters. The summed E-state index contributed by atoms with van der Waals surface area (Å²) in [5.41, 5.74) is 2.04. The molecular formula is C18H26N2O4. The normalized spacial score (nSPS) is 14.8. The van der Waals surface area contributed by atoms with Gasteiger partial charge in [0.15, 0.2) is 0 Å². The summed E-state index contributed by atoms with van der Waals surface area (Å²) in [4.78, 5) is 30.0. The SMILES string of the molecule is CCOC(=O)CCN1CCc2cc(C(=O)OC(C)(C)C)ncc2C1. The molecule has 2 rings (SSSR count). The average Bonchev–Trinajstić information content (AvgIpc) is 2.51. The number of rotatable bonds is 5. The highest BCUT2D eigenvalue weighted by molar-refractivity contribution is 5.87. The summed E-state index contributed by atoms with van der Waals surface area (Å²) in [6, 6.07) is 1.83. The van der Waals surface area contributed by atoms with Crippen molar-refractivity contribution in [3.05, 3.63) is 29.1 Å². The van der Waals surface area contributed by atoms with E-state index < -0.39 is 11.6 Å². The largest absolute Gasteiger partial charge is 0.466 e. The Balaban J connectivity index is 1.96. The van der Waals surface area contributed by atoms with Gasteiger partial charge in [0, 0.05) is 25.8 Å². The Morgan fingerprint density at radius 3 is 2.71 bits per heavy atom. The van der Waals surface area contributed by atoms with Crippen LogP contribution in [0.1, 0.15) is 55.7 Å². The van der Waals surface area contributed by atoms with Crippen LogP contribution in [0.25, 0.3) is 0 Å². The van der Waals surface area contributed by atoms with Crippen LogP contribution in [0, 0.1) is 0 Å². The number of aromatic nitrogens is 1. The quantitative estimate of drug-likeness (QED) is 0.770. The third kappa shape index (κ3) is 5.30. The minimum absolute atomic E-state index is 0.165. The Hall–Kier alpha value is -1.95. The minimum Gasteiger partial charge on any atom is -0.466 e. The second-order valence-corrected chi connectivity index (χ2v) is 6.92. The number of hydrogen-bond donors (Lipinski definition) is 0. The lowest BCUT2D eigenvalue weighted by molar-refractivity contribution is -0.143. The number of hydrogen-bond acceptors (Lipinski definition) is 6. The second kappa shape index (κ2) is 7.75. The smallest absolute Gasteiger partial charge is 0.357 e. The van der Waals surface area contributed by atoms with Crippen LogP contribution in [0.5, 0.6) is 0 Å². The molecule has 1 aromatic heterocycles. The van der Waals surface area contributed by atoms with Gasteiger partial charge in [-0.3, -0.25) is 9.69 Å². The number of ether oxygens (including phenoxy) is 2. The number of pyridine rings is 1. The molecule has 0 spiro atoms. The summed E-state index contributed by atoms with van der Waals surface area (Å²) in [5, 5.41) is 0. The molecule has 6 nitrogen and oxygen atoms in total. The van der Waals surface area contributed by atoms with Crippen molar-refractivity contribution in [3.63, 3.8) is 0 Å². The lowest BCUT2D eigenvalue weighted by atomic mass is 10.0. The van der Waals surface area contributed by atoms with E-state index in [-0.39, 0.29) is 5.97 Å². The van der Waals surface area contributed by atoms with E-state index in [1.165, 1.54) is 0 Å². The second-order valence-electron chi connectivity index (χ2n) is 6.92. The van der Waals surface area contributed by atoms with E-state index in [1.807, 2.05) is 33.8 Å². The van der Waals surface area contributed by atoms with Crippen molar-refractivity contribution in [2.75, 3.05) is 19.7 Å². The van der Waals surface area contributed by atoms with Crippen LogP contribution >= 0.6 is 0 Å². The van der Waals surface area contributed by atoms with Gasteiger partial charge >= 0.3 is 11.9 Å². The van der Waals surface area contributed by atoms with Gasteiger partial charge in [-0.15, -0.1) is 0 Å². The zero-order valence-corrected chi connectivity index (χ0v) is 14.9. The van der Waals surface area contributed by atoms with Crippen LogP contribution in [0.3, 0.4) is 0 Å². The average molecular weight is 334 g/mol. The minimum atomic E-state index is -0.529. The summed E-state index contributed by atoms with van der Waals surface area (Å²) in [6.45, 7) is 9.99. The Morgan fingerprint density at radius 2 is 2.04 bits per heavy atom. The van der Waals surface area contributed by atoms with Gasteiger partial charge in [-0.1, -0.05) is 0 Å². The standard InChI is InChI=1S/C18H26N2O4/c1-5-23-16(21)7-9-20-8-6-13-10-15(19-11-14(13)12-20)17(22)24-18(2,3)4/h10-11H,5-9,12H2,1-4H3. The maximum atomic E-state index is 12.1. The molecular weight excluding hydrogens is 308 g/mol. The first-order chi connectivity index (χ1) is 11.3. The van der Waals surface area contributed by atoms with Crippen molar-refractivity contribution in [1.29, 1.82) is 0 Å². The van der Waals surface area contributed by atoms with Crippen LogP contribution in [0.4, 0.5) is 0 Å². The highest BCUT2D eigenvalue weighted by Crippen LogP contribution is 2.20. The van der Waals surface area contributed by atoms with Gasteiger partial charge in [0.1, 0.15) is 11.3 Å².